The van der Waals surface area contributed by atoms with Gasteiger partial charge in [-0.2, -0.15) is 0 Å². The Labute approximate surface area is 436 Å². The number of aromatic nitrogens is 2. The van der Waals surface area contributed by atoms with Crippen molar-refractivity contribution in [3.8, 4) is 0 Å². The minimum Gasteiger partial charge on any atom is -0.466 e. The molecule has 0 aliphatic carbocycles. The molecule has 22 nitrogen and oxygen atoms in total. The summed E-state index contributed by atoms with van der Waals surface area (Å²) in [5.41, 5.74) is 0.556. The quantitative estimate of drug-likeness (QED) is 0.0754. The first-order valence-electron chi connectivity index (χ1n) is 22.1. The van der Waals surface area contributed by atoms with Gasteiger partial charge in [0.1, 0.15) is 23.7 Å². The molecule has 74 heavy (non-hydrogen) atoms. The number of morpholine rings is 2. The number of aliphatic hydroxyl groups is 2. The third-order valence-electron chi connectivity index (χ3n) is 11.8. The molecule has 0 saturated carbocycles. The molecule has 6 atom stereocenters. The van der Waals surface area contributed by atoms with E-state index in [1.165, 1.54) is 57.0 Å². The smallest absolute Gasteiger partial charge is 0.346 e. The summed E-state index contributed by atoms with van der Waals surface area (Å²) in [6.07, 6.45) is -2.48. The van der Waals surface area contributed by atoms with E-state index in [-0.39, 0.29) is 108 Å². The lowest BCUT2D eigenvalue weighted by molar-refractivity contribution is -0.185. The number of carbonyl (C=O) groups excluding carboxylic acids is 6. The van der Waals surface area contributed by atoms with E-state index < -0.39 is 83.8 Å². The van der Waals surface area contributed by atoms with Crippen LogP contribution >= 0.6 is 45.9 Å². The van der Waals surface area contributed by atoms with Gasteiger partial charge < -0.3 is 49.3 Å². The monoisotopic (exact) mass is 1100 g/mol. The molecule has 2 saturated heterocycles. The van der Waals surface area contributed by atoms with Crippen molar-refractivity contribution in [2.24, 2.45) is 9.98 Å². The molecule has 2 aromatic heterocycles. The number of nitrogens with zero attached hydrogens (tertiary/aromatic N) is 6. The topological polar surface area (TPSA) is 279 Å². The van der Waals surface area contributed by atoms with Gasteiger partial charge in [-0.05, 0) is 35.4 Å². The molecule has 4 N–H and O–H groups in total. The second-order valence-corrected chi connectivity index (χ2v) is 18.9. The summed E-state index contributed by atoms with van der Waals surface area (Å²) < 4.78 is 59.5. The molecule has 0 amide bonds. The van der Waals surface area contributed by atoms with Crippen LogP contribution in [0, 0.1) is 11.6 Å². The highest BCUT2D eigenvalue weighted by Gasteiger charge is 2.43. The van der Waals surface area contributed by atoms with E-state index in [2.05, 4.69) is 30.6 Å². The number of hydrogen-bond acceptors (Lipinski definition) is 24. The van der Waals surface area contributed by atoms with Crippen molar-refractivity contribution >= 4 is 93.4 Å². The number of rotatable bonds is 15. The van der Waals surface area contributed by atoms with E-state index in [4.69, 9.17) is 51.6 Å². The first-order chi connectivity index (χ1) is 35.6. The number of aliphatic hydroxyl groups excluding tert-OH is 2. The number of aliphatic imine (C=N–C) groups is 2. The molecule has 2 aromatic carbocycles. The van der Waals surface area contributed by atoms with E-state index in [1.54, 1.807) is 10.8 Å². The lowest BCUT2D eigenvalue weighted by Gasteiger charge is -2.36. The molecule has 4 aromatic rings. The summed E-state index contributed by atoms with van der Waals surface area (Å²) in [4.78, 5) is 102. The van der Waals surface area contributed by atoms with Crippen LogP contribution in [0.15, 0.2) is 92.1 Å². The van der Waals surface area contributed by atoms with Crippen LogP contribution in [-0.4, -0.2) is 169 Å². The van der Waals surface area contributed by atoms with Gasteiger partial charge in [0.05, 0.1) is 75.3 Å². The molecule has 390 valence electrons. The molecule has 6 heterocycles. The van der Waals surface area contributed by atoms with E-state index >= 15 is 0 Å². The maximum Gasteiger partial charge on any atom is 0.346 e. The van der Waals surface area contributed by atoms with Crippen LogP contribution in [0.1, 0.15) is 33.2 Å². The van der Waals surface area contributed by atoms with Crippen LogP contribution < -0.4 is 10.6 Å². The van der Waals surface area contributed by atoms with E-state index in [0.29, 0.717) is 10.0 Å². The Morgan fingerprint density at radius 3 is 1.46 bits per heavy atom. The normalized spacial score (nSPS) is 21.3. The average Bonchev–Trinajstić information content (AvgIpc) is 4.15. The number of amidine groups is 2. The Hall–Kier alpha value is -6.46. The van der Waals surface area contributed by atoms with Gasteiger partial charge in [0.25, 0.3) is 0 Å². The van der Waals surface area contributed by atoms with Crippen molar-refractivity contribution in [3.63, 3.8) is 0 Å². The molecule has 0 spiro atoms. The lowest BCUT2D eigenvalue weighted by Crippen LogP contribution is -2.54. The number of ether oxygens (including phenoxy) is 6. The number of halogens is 4. The maximum absolute atomic E-state index is 14.2. The molecule has 0 radical (unpaired) electrons. The van der Waals surface area contributed by atoms with Gasteiger partial charge in [-0.1, -0.05) is 35.3 Å². The summed E-state index contributed by atoms with van der Waals surface area (Å²) in [5, 5.41) is 32.0. The summed E-state index contributed by atoms with van der Waals surface area (Å²) in [5.74, 6) is -8.78. The van der Waals surface area contributed by atoms with Gasteiger partial charge in [-0.15, -0.1) is 22.7 Å². The van der Waals surface area contributed by atoms with E-state index in [1.807, 2.05) is 0 Å². The second-order valence-electron chi connectivity index (χ2n) is 16.3. The summed E-state index contributed by atoms with van der Waals surface area (Å²) in [6, 6.07) is 2.26. The SMILES string of the molecule is COC(=O)C1=C(CN2CCOC[C@H]2C(=O)OC(=O)C(O)C(O)C(=O)OC(=O)[C@@H]2COCCN2CC2=C(C(=O)OC)[C@H](c3ccc(F)cc3Cl)NC(c3nccs3)=N2)N=C(c2nccs2)N[C@H]1c1ccc(F)cc1Cl. The predicted molar refractivity (Wildman–Crippen MR) is 257 cm³/mol. The third-order valence-corrected chi connectivity index (χ3v) is 14.0. The zero-order valence-corrected chi connectivity index (χ0v) is 41.8. The third kappa shape index (κ3) is 11.9. The minimum atomic E-state index is -2.77. The number of nitrogens with one attached hydrogen (secondary N) is 2. The second kappa shape index (κ2) is 23.8. The van der Waals surface area contributed by atoms with Crippen molar-refractivity contribution in [2.75, 3.05) is 66.8 Å². The molecule has 4 aliphatic rings. The van der Waals surface area contributed by atoms with Crippen LogP contribution in [0.3, 0.4) is 0 Å². The first kappa shape index (κ1) is 53.8. The number of thiazole rings is 2. The fourth-order valence-electron chi connectivity index (χ4n) is 8.16. The Balaban J connectivity index is 0.966. The molecular formula is C46H42Cl2F2N8O14S2. The zero-order valence-electron chi connectivity index (χ0n) is 38.7. The zero-order chi connectivity index (χ0) is 52.8. The Kier molecular flexibility index (Phi) is 17.3. The van der Waals surface area contributed by atoms with Crippen molar-refractivity contribution in [1.29, 1.82) is 0 Å². The van der Waals surface area contributed by atoms with Crippen LogP contribution in [0.5, 0.6) is 0 Å². The van der Waals surface area contributed by atoms with Crippen LogP contribution in [0.25, 0.3) is 0 Å². The highest BCUT2D eigenvalue weighted by molar-refractivity contribution is 7.12. The molecule has 8 rings (SSSR count). The molecule has 28 heteroatoms. The van der Waals surface area contributed by atoms with Gasteiger partial charge in [0, 0.05) is 59.4 Å². The summed E-state index contributed by atoms with van der Waals surface area (Å²) >= 11 is 15.4. The first-order valence-corrected chi connectivity index (χ1v) is 24.6. The molecule has 4 aliphatic heterocycles. The van der Waals surface area contributed by atoms with Crippen LogP contribution in [-0.2, 0) is 57.2 Å². The standard InChI is InChI=1S/C46H42Cl2F2N8O14S2/c1-67-43(63)31-27(53-37(39-51-7-13-73-39)55-33(31)23-5-3-21(49)15-25(23)47)17-57-9-11-69-19-29(57)41(61)71-45(65)35(59)36(60)46(66)72-42(62)30-20-70-12-10-58(30)18-28-32(44(64)68-2)34(24-6-4-22(50)16-26(24)48)56-38(54-28)40-52-8-14-74-40/h3-8,13-16,29-30,33-36,59-60H,9-12,17-20H2,1-2H3,(H,53,55)(H,54,56)/t29-,30-,33-,34-,35?,36?/m0/s1. The van der Waals surface area contributed by atoms with Gasteiger partial charge >= 0.3 is 35.8 Å². The number of benzene rings is 2. The van der Waals surface area contributed by atoms with Crippen LogP contribution in [0.2, 0.25) is 10.0 Å². The fraction of sp³-hybridized carbons (Fsp3) is 0.348. The molecular weight excluding hydrogens is 1060 g/mol. The largest absolute Gasteiger partial charge is 0.466 e. The van der Waals surface area contributed by atoms with Crippen molar-refractivity contribution in [2.45, 2.75) is 36.4 Å². The summed E-state index contributed by atoms with van der Waals surface area (Å²) in [7, 11) is 2.27. The van der Waals surface area contributed by atoms with E-state index in [0.717, 1.165) is 38.5 Å². The van der Waals surface area contributed by atoms with Crippen molar-refractivity contribution in [1.82, 2.24) is 30.4 Å². The number of carbonyl (C=O) groups is 6. The average molecular weight is 1100 g/mol. The van der Waals surface area contributed by atoms with Gasteiger partial charge in [0.15, 0.2) is 33.9 Å². The molecule has 2 unspecified atom stereocenters. The molecule has 2 fully saturated rings. The van der Waals surface area contributed by atoms with Gasteiger partial charge in [-0.25, -0.2) is 57.5 Å². The minimum absolute atomic E-state index is 0.00560. The Bertz CT molecular complexity index is 2770. The summed E-state index contributed by atoms with van der Waals surface area (Å²) in [6.45, 7) is -1.17. The predicted octanol–water partition coefficient (Wildman–Crippen LogP) is 2.18. The number of methoxy groups -OCH3 is 2. The van der Waals surface area contributed by atoms with E-state index in [9.17, 15) is 47.8 Å². The van der Waals surface area contributed by atoms with Gasteiger partial charge in [-0.3, -0.25) is 9.80 Å². The van der Waals surface area contributed by atoms with Gasteiger partial charge in [0.2, 0.25) is 0 Å². The number of esters is 6. The van der Waals surface area contributed by atoms with Crippen molar-refractivity contribution < 1.29 is 76.2 Å². The van der Waals surface area contributed by atoms with Crippen LogP contribution in [0.4, 0.5) is 8.78 Å². The highest BCUT2D eigenvalue weighted by atomic mass is 35.5. The van der Waals surface area contributed by atoms with Crippen molar-refractivity contribution in [3.05, 3.63) is 125 Å². The molecule has 0 bridgehead atoms. The highest BCUT2D eigenvalue weighted by Crippen LogP contribution is 2.37. The lowest BCUT2D eigenvalue weighted by atomic mass is 9.94. The Morgan fingerprint density at radius 2 is 1.11 bits per heavy atom. The number of hydrogen-bond donors (Lipinski definition) is 4. The maximum atomic E-state index is 14.2. The fourth-order valence-corrected chi connectivity index (χ4v) is 9.89. The Morgan fingerprint density at radius 1 is 0.703 bits per heavy atom.